The van der Waals surface area contributed by atoms with E-state index < -0.39 is 6.10 Å². The van der Waals surface area contributed by atoms with Crippen molar-refractivity contribution in [2.75, 3.05) is 0 Å². The van der Waals surface area contributed by atoms with Gasteiger partial charge in [-0.05, 0) is 36.5 Å². The minimum atomic E-state index is -0.699. The molecule has 18 heavy (non-hydrogen) atoms. The molecule has 1 N–H and O–H groups in total. The van der Waals surface area contributed by atoms with Crippen LogP contribution in [0.25, 0.3) is 0 Å². The smallest absolute Gasteiger partial charge is 0.0950 e. The molecule has 0 radical (unpaired) electrons. The maximum Gasteiger partial charge on any atom is 0.0950 e. The standard InChI is InChI=1S/C15H18ClNO/c16-13-8-6-12(7-9-13)15(18)14(10-17)11-4-2-1-3-5-11/h6-9,11,14-15,18H,1-5H2. The molecule has 0 bridgehead atoms. The average Bonchev–Trinajstić information content (AvgIpc) is 2.41. The number of rotatable bonds is 3. The van der Waals surface area contributed by atoms with Crippen LogP contribution in [0.4, 0.5) is 0 Å². The molecule has 2 unspecified atom stereocenters. The zero-order valence-electron chi connectivity index (χ0n) is 10.3. The Kier molecular flexibility index (Phi) is 4.63. The summed E-state index contributed by atoms with van der Waals surface area (Å²) in [5.41, 5.74) is 0.788. The van der Waals surface area contributed by atoms with Crippen molar-refractivity contribution in [3.05, 3.63) is 34.9 Å². The summed E-state index contributed by atoms with van der Waals surface area (Å²) < 4.78 is 0. The first kappa shape index (κ1) is 13.4. The predicted molar refractivity (Wildman–Crippen MR) is 72.1 cm³/mol. The third-order valence-corrected chi connectivity index (χ3v) is 4.11. The van der Waals surface area contributed by atoms with Gasteiger partial charge in [-0.2, -0.15) is 5.26 Å². The molecule has 1 fully saturated rings. The number of hydrogen-bond donors (Lipinski definition) is 1. The van der Waals surface area contributed by atoms with Crippen LogP contribution in [-0.4, -0.2) is 5.11 Å². The Morgan fingerprint density at radius 2 is 1.78 bits per heavy atom. The van der Waals surface area contributed by atoms with E-state index in [1.54, 1.807) is 24.3 Å². The number of nitriles is 1. The molecular formula is C15H18ClNO. The summed E-state index contributed by atoms with van der Waals surface area (Å²) in [4.78, 5) is 0. The molecule has 96 valence electrons. The molecule has 2 atom stereocenters. The van der Waals surface area contributed by atoms with Crippen molar-refractivity contribution < 1.29 is 5.11 Å². The van der Waals surface area contributed by atoms with E-state index in [1.165, 1.54) is 19.3 Å². The Bertz CT molecular complexity index is 417. The Hall–Kier alpha value is -1.04. The van der Waals surface area contributed by atoms with Crippen LogP contribution in [0, 0.1) is 23.2 Å². The maximum absolute atomic E-state index is 10.4. The van der Waals surface area contributed by atoms with Gasteiger partial charge in [0.05, 0.1) is 18.1 Å². The number of aliphatic hydroxyl groups excluding tert-OH is 1. The second-order valence-electron chi connectivity index (χ2n) is 5.05. The first-order chi connectivity index (χ1) is 8.72. The lowest BCUT2D eigenvalue weighted by atomic mass is 9.77. The fourth-order valence-corrected chi connectivity index (χ4v) is 2.92. The summed E-state index contributed by atoms with van der Waals surface area (Å²) in [6.07, 6.45) is 5.03. The van der Waals surface area contributed by atoms with Crippen molar-refractivity contribution in [3.8, 4) is 6.07 Å². The van der Waals surface area contributed by atoms with Crippen LogP contribution in [0.1, 0.15) is 43.8 Å². The summed E-state index contributed by atoms with van der Waals surface area (Å²) in [5.74, 6) is 0.0286. The van der Waals surface area contributed by atoms with Crippen LogP contribution in [0.3, 0.4) is 0 Å². The van der Waals surface area contributed by atoms with Crippen molar-refractivity contribution in [1.29, 1.82) is 5.26 Å². The molecule has 1 aromatic carbocycles. The van der Waals surface area contributed by atoms with E-state index in [-0.39, 0.29) is 5.92 Å². The van der Waals surface area contributed by atoms with Crippen LogP contribution >= 0.6 is 11.6 Å². The lowest BCUT2D eigenvalue weighted by molar-refractivity contribution is 0.0889. The van der Waals surface area contributed by atoms with E-state index in [1.807, 2.05) is 0 Å². The fraction of sp³-hybridized carbons (Fsp3) is 0.533. The third kappa shape index (κ3) is 3.04. The lowest BCUT2D eigenvalue weighted by Crippen LogP contribution is -2.23. The minimum Gasteiger partial charge on any atom is -0.387 e. The third-order valence-electron chi connectivity index (χ3n) is 3.86. The van der Waals surface area contributed by atoms with Gasteiger partial charge in [0.2, 0.25) is 0 Å². The van der Waals surface area contributed by atoms with E-state index in [0.717, 1.165) is 18.4 Å². The molecule has 0 saturated heterocycles. The Labute approximate surface area is 113 Å². The van der Waals surface area contributed by atoms with Gasteiger partial charge in [-0.15, -0.1) is 0 Å². The molecule has 0 aliphatic heterocycles. The molecule has 2 nitrogen and oxygen atoms in total. The van der Waals surface area contributed by atoms with E-state index >= 15 is 0 Å². The summed E-state index contributed by atoms with van der Waals surface area (Å²) in [6.45, 7) is 0. The summed E-state index contributed by atoms with van der Waals surface area (Å²) in [5, 5.41) is 20.3. The lowest BCUT2D eigenvalue weighted by Gasteiger charge is -2.29. The molecule has 1 aliphatic rings. The second-order valence-corrected chi connectivity index (χ2v) is 5.49. The fourth-order valence-electron chi connectivity index (χ4n) is 2.79. The van der Waals surface area contributed by atoms with Gasteiger partial charge in [-0.3, -0.25) is 0 Å². The van der Waals surface area contributed by atoms with E-state index in [0.29, 0.717) is 10.9 Å². The van der Waals surface area contributed by atoms with Gasteiger partial charge in [-0.25, -0.2) is 0 Å². The quantitative estimate of drug-likeness (QED) is 0.892. The molecule has 1 saturated carbocycles. The number of halogens is 1. The van der Waals surface area contributed by atoms with Gasteiger partial charge in [-0.1, -0.05) is 43.0 Å². The molecule has 0 heterocycles. The average molecular weight is 264 g/mol. The first-order valence-electron chi connectivity index (χ1n) is 6.55. The number of hydrogen-bond acceptors (Lipinski definition) is 2. The maximum atomic E-state index is 10.4. The van der Waals surface area contributed by atoms with E-state index in [9.17, 15) is 10.4 Å². The highest BCUT2D eigenvalue weighted by molar-refractivity contribution is 6.30. The number of aliphatic hydroxyl groups is 1. The minimum absolute atomic E-state index is 0.300. The van der Waals surface area contributed by atoms with Crippen LogP contribution in [0.2, 0.25) is 5.02 Å². The molecule has 1 aliphatic carbocycles. The topological polar surface area (TPSA) is 44.0 Å². The highest BCUT2D eigenvalue weighted by atomic mass is 35.5. The van der Waals surface area contributed by atoms with Crippen LogP contribution in [0.5, 0.6) is 0 Å². The number of benzene rings is 1. The van der Waals surface area contributed by atoms with Gasteiger partial charge in [0.1, 0.15) is 0 Å². The van der Waals surface area contributed by atoms with Gasteiger partial charge in [0.15, 0.2) is 0 Å². The van der Waals surface area contributed by atoms with Crippen molar-refractivity contribution in [2.45, 2.75) is 38.2 Å². The van der Waals surface area contributed by atoms with Gasteiger partial charge >= 0.3 is 0 Å². The molecule has 0 spiro atoms. The molecule has 0 aromatic heterocycles. The zero-order chi connectivity index (χ0) is 13.0. The van der Waals surface area contributed by atoms with Crippen molar-refractivity contribution >= 4 is 11.6 Å². The number of nitrogens with zero attached hydrogens (tertiary/aromatic N) is 1. The molecule has 3 heteroatoms. The largest absolute Gasteiger partial charge is 0.387 e. The Balaban J connectivity index is 2.11. The zero-order valence-corrected chi connectivity index (χ0v) is 11.1. The predicted octanol–water partition coefficient (Wildman–Crippen LogP) is 4.09. The highest BCUT2D eigenvalue weighted by Crippen LogP contribution is 2.36. The van der Waals surface area contributed by atoms with Crippen molar-refractivity contribution in [3.63, 3.8) is 0 Å². The Morgan fingerprint density at radius 1 is 1.17 bits per heavy atom. The van der Waals surface area contributed by atoms with Crippen LogP contribution in [-0.2, 0) is 0 Å². The molecule has 0 amide bonds. The first-order valence-corrected chi connectivity index (χ1v) is 6.93. The highest BCUT2D eigenvalue weighted by Gasteiger charge is 2.30. The molecule has 1 aromatic rings. The van der Waals surface area contributed by atoms with Gasteiger partial charge in [0, 0.05) is 5.02 Å². The molecular weight excluding hydrogens is 246 g/mol. The summed E-state index contributed by atoms with van der Waals surface area (Å²) in [7, 11) is 0. The van der Waals surface area contributed by atoms with Gasteiger partial charge in [0.25, 0.3) is 0 Å². The van der Waals surface area contributed by atoms with Gasteiger partial charge < -0.3 is 5.11 Å². The van der Waals surface area contributed by atoms with E-state index in [2.05, 4.69) is 6.07 Å². The van der Waals surface area contributed by atoms with Crippen LogP contribution in [0.15, 0.2) is 24.3 Å². The van der Waals surface area contributed by atoms with E-state index in [4.69, 9.17) is 11.6 Å². The summed E-state index contributed by atoms with van der Waals surface area (Å²) >= 11 is 5.83. The SMILES string of the molecule is N#CC(C1CCCCC1)C(O)c1ccc(Cl)cc1. The van der Waals surface area contributed by atoms with Crippen molar-refractivity contribution in [1.82, 2.24) is 0 Å². The van der Waals surface area contributed by atoms with Crippen molar-refractivity contribution in [2.24, 2.45) is 11.8 Å². The molecule has 2 rings (SSSR count). The second kappa shape index (κ2) is 6.22. The normalized spacial score (nSPS) is 20.1. The monoisotopic (exact) mass is 263 g/mol. The van der Waals surface area contributed by atoms with Crippen LogP contribution < -0.4 is 0 Å². The Morgan fingerprint density at radius 3 is 2.33 bits per heavy atom. The summed E-state index contributed by atoms with van der Waals surface area (Å²) in [6, 6.07) is 9.43.